The highest BCUT2D eigenvalue weighted by Crippen LogP contribution is 2.40. The third-order valence-electron chi connectivity index (χ3n) is 6.52. The van der Waals surface area contributed by atoms with E-state index in [9.17, 15) is 22.8 Å². The van der Waals surface area contributed by atoms with Crippen molar-refractivity contribution in [3.8, 4) is 0 Å². The molecular formula is C24H25F3N2O2. The van der Waals surface area contributed by atoms with Gasteiger partial charge in [-0.2, -0.15) is 13.2 Å². The second-order valence-electron chi connectivity index (χ2n) is 8.45. The third kappa shape index (κ3) is 4.60. The van der Waals surface area contributed by atoms with Crippen molar-refractivity contribution >= 4 is 11.8 Å². The van der Waals surface area contributed by atoms with E-state index in [1.165, 1.54) is 6.07 Å². The highest BCUT2D eigenvalue weighted by Gasteiger charge is 2.47. The molecular weight excluding hydrogens is 405 g/mol. The normalized spacial score (nSPS) is 18.6. The molecule has 4 nitrogen and oxygen atoms in total. The number of halogens is 3. The summed E-state index contributed by atoms with van der Waals surface area (Å²) in [6.07, 6.45) is -1.78. The van der Waals surface area contributed by atoms with Crippen LogP contribution < -0.4 is 0 Å². The van der Waals surface area contributed by atoms with Crippen molar-refractivity contribution < 1.29 is 22.8 Å². The predicted octanol–water partition coefficient (Wildman–Crippen LogP) is 4.43. The minimum atomic E-state index is -4.42. The van der Waals surface area contributed by atoms with E-state index in [-0.39, 0.29) is 23.8 Å². The monoisotopic (exact) mass is 430 g/mol. The van der Waals surface area contributed by atoms with Gasteiger partial charge in [-0.3, -0.25) is 9.59 Å². The lowest BCUT2D eigenvalue weighted by Gasteiger charge is -2.45. The van der Waals surface area contributed by atoms with Crippen LogP contribution in [-0.4, -0.2) is 40.2 Å². The predicted molar refractivity (Wildman–Crippen MR) is 110 cm³/mol. The molecule has 164 valence electrons. The van der Waals surface area contributed by atoms with Crippen molar-refractivity contribution in [2.45, 2.75) is 50.4 Å². The molecule has 2 amide bonds. The quantitative estimate of drug-likeness (QED) is 0.720. The van der Waals surface area contributed by atoms with Crippen LogP contribution in [0.25, 0.3) is 0 Å². The number of rotatable bonds is 4. The third-order valence-corrected chi connectivity index (χ3v) is 6.52. The summed E-state index contributed by atoms with van der Waals surface area (Å²) < 4.78 is 38.8. The van der Waals surface area contributed by atoms with E-state index >= 15 is 0 Å². The van der Waals surface area contributed by atoms with Gasteiger partial charge >= 0.3 is 6.18 Å². The molecule has 2 aliphatic rings. The molecule has 2 saturated heterocycles. The van der Waals surface area contributed by atoms with E-state index in [1.54, 1.807) is 11.0 Å². The van der Waals surface area contributed by atoms with E-state index in [0.29, 0.717) is 44.5 Å². The molecule has 0 unspecified atom stereocenters. The minimum Gasteiger partial charge on any atom is -0.342 e. The van der Waals surface area contributed by atoms with Gasteiger partial charge < -0.3 is 9.80 Å². The first-order chi connectivity index (χ1) is 14.8. The number of hydrogen-bond acceptors (Lipinski definition) is 2. The van der Waals surface area contributed by atoms with E-state index in [4.69, 9.17) is 0 Å². The number of hydrogen-bond donors (Lipinski definition) is 0. The molecule has 2 aliphatic heterocycles. The van der Waals surface area contributed by atoms with Gasteiger partial charge in [0.2, 0.25) is 11.8 Å². The van der Waals surface area contributed by atoms with Crippen molar-refractivity contribution in [1.82, 2.24) is 9.80 Å². The maximum absolute atomic E-state index is 12.9. The smallest absolute Gasteiger partial charge is 0.342 e. The average molecular weight is 430 g/mol. The summed E-state index contributed by atoms with van der Waals surface area (Å²) in [4.78, 5) is 29.0. The molecule has 1 spiro atoms. The van der Waals surface area contributed by atoms with Crippen LogP contribution in [0.2, 0.25) is 0 Å². The van der Waals surface area contributed by atoms with Crippen LogP contribution in [0.5, 0.6) is 0 Å². The van der Waals surface area contributed by atoms with Crippen LogP contribution in [0, 0.1) is 0 Å². The summed E-state index contributed by atoms with van der Waals surface area (Å²) in [5, 5.41) is 0. The first-order valence-electron chi connectivity index (χ1n) is 10.6. The van der Waals surface area contributed by atoms with Crippen molar-refractivity contribution in [2.24, 2.45) is 0 Å². The highest BCUT2D eigenvalue weighted by molar-refractivity contribution is 5.81. The van der Waals surface area contributed by atoms with Crippen molar-refractivity contribution in [3.63, 3.8) is 0 Å². The Balaban J connectivity index is 1.40. The van der Waals surface area contributed by atoms with Crippen molar-refractivity contribution in [3.05, 3.63) is 71.3 Å². The largest absolute Gasteiger partial charge is 0.416 e. The number of amides is 2. The summed E-state index contributed by atoms with van der Waals surface area (Å²) in [6, 6.07) is 14.8. The number of piperidine rings is 1. The molecule has 2 heterocycles. The van der Waals surface area contributed by atoms with E-state index in [2.05, 4.69) is 0 Å². The van der Waals surface area contributed by atoms with Gasteiger partial charge in [0, 0.05) is 31.6 Å². The molecule has 7 heteroatoms. The number of likely N-dealkylation sites (tertiary alicyclic amines) is 2. The average Bonchev–Trinajstić information content (AvgIpc) is 3.04. The molecule has 2 aromatic rings. The fourth-order valence-electron chi connectivity index (χ4n) is 4.73. The maximum Gasteiger partial charge on any atom is 0.416 e. The first-order valence-corrected chi connectivity index (χ1v) is 10.6. The molecule has 0 aliphatic carbocycles. The lowest BCUT2D eigenvalue weighted by Crippen LogP contribution is -2.54. The van der Waals surface area contributed by atoms with E-state index in [0.717, 1.165) is 24.1 Å². The molecule has 2 aromatic carbocycles. The summed E-state index contributed by atoms with van der Waals surface area (Å²) >= 11 is 0. The lowest BCUT2D eigenvalue weighted by molar-refractivity contribution is -0.139. The van der Waals surface area contributed by atoms with Crippen molar-refractivity contribution in [1.29, 1.82) is 0 Å². The Kier molecular flexibility index (Phi) is 5.77. The van der Waals surface area contributed by atoms with Crippen LogP contribution in [-0.2, 0) is 28.7 Å². The molecule has 31 heavy (non-hydrogen) atoms. The SMILES string of the molecule is O=C(Cc1cccc(C(F)(F)F)c1)N1CCC2(CCC(=O)N2Cc2ccccc2)CC1. The first kappa shape index (κ1) is 21.4. The molecule has 0 saturated carbocycles. The Morgan fingerprint density at radius 1 is 0.935 bits per heavy atom. The summed E-state index contributed by atoms with van der Waals surface area (Å²) in [5.74, 6) is -0.0271. The van der Waals surface area contributed by atoms with Crippen LogP contribution in [0.1, 0.15) is 42.4 Å². The van der Waals surface area contributed by atoms with Crippen LogP contribution in [0.3, 0.4) is 0 Å². The molecule has 0 N–H and O–H groups in total. The number of alkyl halides is 3. The lowest BCUT2D eigenvalue weighted by atomic mass is 9.84. The zero-order valence-electron chi connectivity index (χ0n) is 17.2. The fourth-order valence-corrected chi connectivity index (χ4v) is 4.73. The molecule has 2 fully saturated rings. The number of carbonyl (C=O) groups excluding carboxylic acids is 2. The van der Waals surface area contributed by atoms with Gasteiger partial charge in [-0.15, -0.1) is 0 Å². The molecule has 0 atom stereocenters. The topological polar surface area (TPSA) is 40.6 Å². The molecule has 0 bridgehead atoms. The van der Waals surface area contributed by atoms with Crippen LogP contribution >= 0.6 is 0 Å². The maximum atomic E-state index is 12.9. The van der Waals surface area contributed by atoms with Crippen LogP contribution in [0.15, 0.2) is 54.6 Å². The zero-order chi connectivity index (χ0) is 22.1. The summed E-state index contributed by atoms with van der Waals surface area (Å²) in [6.45, 7) is 1.59. The Labute approximate surface area is 179 Å². The van der Waals surface area contributed by atoms with Gasteiger partial charge in [0.15, 0.2) is 0 Å². The van der Waals surface area contributed by atoms with Gasteiger partial charge in [-0.1, -0.05) is 48.5 Å². The molecule has 0 radical (unpaired) electrons. The summed E-state index contributed by atoms with van der Waals surface area (Å²) in [5.41, 5.74) is 0.471. The Bertz CT molecular complexity index is 951. The van der Waals surface area contributed by atoms with Crippen LogP contribution in [0.4, 0.5) is 13.2 Å². The highest BCUT2D eigenvalue weighted by atomic mass is 19.4. The second-order valence-corrected chi connectivity index (χ2v) is 8.45. The van der Waals surface area contributed by atoms with Gasteiger partial charge in [-0.25, -0.2) is 0 Å². The van der Waals surface area contributed by atoms with Gasteiger partial charge in [0.05, 0.1) is 12.0 Å². The molecule has 4 rings (SSSR count). The van der Waals surface area contributed by atoms with E-state index < -0.39 is 11.7 Å². The second kappa shape index (κ2) is 8.36. The van der Waals surface area contributed by atoms with Gasteiger partial charge in [-0.05, 0) is 36.5 Å². The van der Waals surface area contributed by atoms with Crippen molar-refractivity contribution in [2.75, 3.05) is 13.1 Å². The Morgan fingerprint density at radius 2 is 1.61 bits per heavy atom. The van der Waals surface area contributed by atoms with Gasteiger partial charge in [0.25, 0.3) is 0 Å². The molecule has 0 aromatic heterocycles. The fraction of sp³-hybridized carbons (Fsp3) is 0.417. The van der Waals surface area contributed by atoms with Gasteiger partial charge in [0.1, 0.15) is 0 Å². The Morgan fingerprint density at radius 3 is 2.29 bits per heavy atom. The zero-order valence-corrected chi connectivity index (χ0v) is 17.2. The van der Waals surface area contributed by atoms with E-state index in [1.807, 2.05) is 35.2 Å². The summed E-state index contributed by atoms with van der Waals surface area (Å²) in [7, 11) is 0. The standard InChI is InChI=1S/C24H25F3N2O2/c25-24(26,27)20-8-4-7-19(15-20)16-22(31)28-13-11-23(12-14-28)10-9-21(30)29(23)17-18-5-2-1-3-6-18/h1-8,15H,9-14,16-17H2. The minimum absolute atomic E-state index is 0.0520. The number of benzene rings is 2. The number of nitrogens with zero attached hydrogens (tertiary/aromatic N) is 2. The number of carbonyl (C=O) groups is 2. The Hall–Kier alpha value is -2.83.